The number of benzene rings is 1. The van der Waals surface area contributed by atoms with Crippen molar-refractivity contribution < 1.29 is 14.6 Å². The van der Waals surface area contributed by atoms with Gasteiger partial charge in [0, 0.05) is 23.1 Å². The van der Waals surface area contributed by atoms with E-state index in [4.69, 9.17) is 9.84 Å². The van der Waals surface area contributed by atoms with E-state index in [0.29, 0.717) is 0 Å². The van der Waals surface area contributed by atoms with Crippen molar-refractivity contribution in [2.45, 2.75) is 12.8 Å². The van der Waals surface area contributed by atoms with Gasteiger partial charge in [-0.1, -0.05) is 6.07 Å². The molecule has 1 aromatic carbocycles. The number of aromatic nitrogens is 2. The van der Waals surface area contributed by atoms with Crippen molar-refractivity contribution in [2.24, 2.45) is 0 Å². The number of carbonyl (C=O) groups is 1. The smallest absolute Gasteiger partial charge is 0.309 e. The molecule has 0 bridgehead atoms. The number of fused-ring (bicyclic) bond motifs is 5. The van der Waals surface area contributed by atoms with Crippen LogP contribution in [0.4, 0.5) is 0 Å². The van der Waals surface area contributed by atoms with Crippen LogP contribution in [0.15, 0.2) is 23.6 Å². The summed E-state index contributed by atoms with van der Waals surface area (Å²) in [5, 5.41) is 10.9. The first kappa shape index (κ1) is 12.4. The fourth-order valence-corrected chi connectivity index (χ4v) is 3.78. The van der Waals surface area contributed by atoms with Crippen molar-refractivity contribution in [3.63, 3.8) is 0 Å². The lowest BCUT2D eigenvalue weighted by Crippen LogP contribution is -2.04. The first-order chi connectivity index (χ1) is 10.2. The number of hydrogen-bond acceptors (Lipinski definition) is 4. The van der Waals surface area contributed by atoms with Gasteiger partial charge in [0.15, 0.2) is 4.96 Å². The Labute approximate surface area is 124 Å². The molecule has 2 heterocycles. The highest BCUT2D eigenvalue weighted by atomic mass is 32.1. The van der Waals surface area contributed by atoms with Gasteiger partial charge in [-0.3, -0.25) is 9.20 Å². The van der Waals surface area contributed by atoms with Crippen LogP contribution < -0.4 is 4.74 Å². The zero-order chi connectivity index (χ0) is 14.6. The fraction of sp³-hybridized carbons (Fsp3) is 0.200. The molecule has 0 atom stereocenters. The van der Waals surface area contributed by atoms with Crippen LogP contribution in [0.5, 0.6) is 5.75 Å². The van der Waals surface area contributed by atoms with Crippen LogP contribution in [0, 0.1) is 0 Å². The van der Waals surface area contributed by atoms with E-state index in [0.717, 1.165) is 39.8 Å². The Morgan fingerprint density at radius 2 is 2.38 bits per heavy atom. The van der Waals surface area contributed by atoms with Gasteiger partial charge in [-0.25, -0.2) is 4.98 Å². The molecule has 0 amide bonds. The fourth-order valence-electron chi connectivity index (χ4n) is 2.87. The van der Waals surface area contributed by atoms with Crippen molar-refractivity contribution in [1.82, 2.24) is 9.38 Å². The van der Waals surface area contributed by atoms with E-state index in [9.17, 15) is 4.79 Å². The van der Waals surface area contributed by atoms with Crippen LogP contribution in [-0.2, 0) is 17.6 Å². The van der Waals surface area contributed by atoms with Crippen molar-refractivity contribution in [3.8, 4) is 17.0 Å². The zero-order valence-electron chi connectivity index (χ0n) is 11.3. The lowest BCUT2D eigenvalue weighted by atomic mass is 10.1. The van der Waals surface area contributed by atoms with E-state index >= 15 is 0 Å². The Hall–Kier alpha value is -2.34. The van der Waals surface area contributed by atoms with Gasteiger partial charge >= 0.3 is 5.97 Å². The van der Waals surface area contributed by atoms with Crippen LogP contribution >= 0.6 is 11.3 Å². The monoisotopic (exact) mass is 300 g/mol. The maximum absolute atomic E-state index is 11.0. The summed E-state index contributed by atoms with van der Waals surface area (Å²) in [4.78, 5) is 16.5. The molecule has 0 spiro atoms. The number of nitrogens with zero attached hydrogens (tertiary/aromatic N) is 2. The molecule has 0 aliphatic heterocycles. The second kappa shape index (κ2) is 4.33. The quantitative estimate of drug-likeness (QED) is 0.631. The predicted octanol–water partition coefficient (Wildman–Crippen LogP) is 2.60. The molecular weight excluding hydrogens is 288 g/mol. The third-order valence-corrected chi connectivity index (χ3v) is 4.67. The Morgan fingerprint density at radius 1 is 1.52 bits per heavy atom. The molecule has 4 rings (SSSR count). The summed E-state index contributed by atoms with van der Waals surface area (Å²) in [5.74, 6) is -0.0157. The molecule has 1 aliphatic carbocycles. The summed E-state index contributed by atoms with van der Waals surface area (Å²) in [6, 6.07) is 5.99. The van der Waals surface area contributed by atoms with Crippen LogP contribution in [0.1, 0.15) is 17.0 Å². The van der Waals surface area contributed by atoms with E-state index in [1.54, 1.807) is 7.11 Å². The number of hydrogen-bond donors (Lipinski definition) is 1. The zero-order valence-corrected chi connectivity index (χ0v) is 12.1. The van der Waals surface area contributed by atoms with Crippen LogP contribution in [0.3, 0.4) is 0 Å². The van der Waals surface area contributed by atoms with Gasteiger partial charge in [0.1, 0.15) is 5.75 Å². The Balaban J connectivity index is 1.91. The average Bonchev–Trinajstić information content (AvgIpc) is 3.09. The van der Waals surface area contributed by atoms with Gasteiger partial charge in [0.05, 0.1) is 24.9 Å². The normalized spacial score (nSPS) is 12.4. The lowest BCUT2D eigenvalue weighted by molar-refractivity contribution is -0.136. The molecule has 1 aliphatic rings. The second-order valence-corrected chi connectivity index (χ2v) is 5.86. The average molecular weight is 300 g/mol. The number of methoxy groups -OCH3 is 1. The molecule has 5 nitrogen and oxygen atoms in total. The summed E-state index contributed by atoms with van der Waals surface area (Å²) in [6.45, 7) is 0. The van der Waals surface area contributed by atoms with Gasteiger partial charge in [-0.05, 0) is 17.7 Å². The SMILES string of the molecule is COc1ccc2c(c1)-c1nc3scc(CC(=O)O)n3c1C2. The Morgan fingerprint density at radius 3 is 3.14 bits per heavy atom. The van der Waals surface area contributed by atoms with Crippen molar-refractivity contribution in [3.05, 3.63) is 40.5 Å². The number of aliphatic carboxylic acids is 1. The number of rotatable bonds is 3. The molecule has 106 valence electrons. The number of carboxylic acid groups (broad SMARTS) is 1. The van der Waals surface area contributed by atoms with Crippen molar-refractivity contribution in [2.75, 3.05) is 7.11 Å². The summed E-state index contributed by atoms with van der Waals surface area (Å²) in [7, 11) is 1.65. The number of thiazole rings is 1. The van der Waals surface area contributed by atoms with Crippen molar-refractivity contribution >= 4 is 22.3 Å². The maximum atomic E-state index is 11.0. The van der Waals surface area contributed by atoms with Gasteiger partial charge in [-0.15, -0.1) is 11.3 Å². The van der Waals surface area contributed by atoms with Gasteiger partial charge < -0.3 is 9.84 Å². The predicted molar refractivity (Wildman–Crippen MR) is 79.2 cm³/mol. The molecule has 1 N–H and O–H groups in total. The molecular formula is C15H12N2O3S. The molecule has 21 heavy (non-hydrogen) atoms. The first-order valence-corrected chi connectivity index (χ1v) is 7.42. The minimum atomic E-state index is -0.825. The Bertz CT molecular complexity index is 879. The minimum Gasteiger partial charge on any atom is -0.497 e. The van der Waals surface area contributed by atoms with E-state index in [2.05, 4.69) is 4.98 Å². The van der Waals surface area contributed by atoms with Crippen LogP contribution in [0.25, 0.3) is 16.2 Å². The number of imidazole rings is 1. The summed E-state index contributed by atoms with van der Waals surface area (Å²) >= 11 is 1.48. The van der Waals surface area contributed by atoms with E-state index in [-0.39, 0.29) is 6.42 Å². The largest absolute Gasteiger partial charge is 0.497 e. The summed E-state index contributed by atoms with van der Waals surface area (Å²) in [5.41, 5.74) is 5.10. The molecule has 0 saturated heterocycles. The van der Waals surface area contributed by atoms with E-state index < -0.39 is 5.97 Å². The highest BCUT2D eigenvalue weighted by molar-refractivity contribution is 7.15. The Kier molecular flexibility index (Phi) is 2.56. The third kappa shape index (κ3) is 1.76. The molecule has 0 unspecified atom stereocenters. The second-order valence-electron chi connectivity index (χ2n) is 5.02. The molecule has 0 radical (unpaired) electrons. The van der Waals surface area contributed by atoms with E-state index in [1.807, 2.05) is 28.0 Å². The maximum Gasteiger partial charge on any atom is 0.309 e. The van der Waals surface area contributed by atoms with Gasteiger partial charge in [-0.2, -0.15) is 0 Å². The number of carboxylic acids is 1. The lowest BCUT2D eigenvalue weighted by Gasteiger charge is -2.03. The standard InChI is InChI=1S/C15H12N2O3S/c1-20-10-3-2-8-4-12-14(11(8)6-10)16-15-17(12)9(7-21-15)5-13(18)19/h2-3,6-7H,4-5H2,1H3,(H,18,19). The number of ether oxygens (including phenoxy) is 1. The topological polar surface area (TPSA) is 63.8 Å². The van der Waals surface area contributed by atoms with Gasteiger partial charge in [0.2, 0.25) is 0 Å². The molecule has 2 aromatic heterocycles. The molecule has 0 fully saturated rings. The first-order valence-electron chi connectivity index (χ1n) is 6.54. The van der Waals surface area contributed by atoms with Crippen LogP contribution in [-0.4, -0.2) is 27.6 Å². The van der Waals surface area contributed by atoms with Crippen molar-refractivity contribution in [1.29, 1.82) is 0 Å². The highest BCUT2D eigenvalue weighted by Crippen LogP contribution is 2.40. The van der Waals surface area contributed by atoms with E-state index in [1.165, 1.54) is 16.9 Å². The molecule has 3 aromatic rings. The summed E-state index contributed by atoms with van der Waals surface area (Å²) < 4.78 is 7.26. The molecule has 0 saturated carbocycles. The van der Waals surface area contributed by atoms with Gasteiger partial charge in [0.25, 0.3) is 0 Å². The minimum absolute atomic E-state index is 0.0163. The third-order valence-electron chi connectivity index (χ3n) is 3.79. The van der Waals surface area contributed by atoms with Crippen LogP contribution in [0.2, 0.25) is 0 Å². The highest BCUT2D eigenvalue weighted by Gasteiger charge is 2.26. The summed E-state index contributed by atoms with van der Waals surface area (Å²) in [6.07, 6.45) is 0.793. The molecule has 6 heteroatoms.